The highest BCUT2D eigenvalue weighted by atomic mass is 16.5. The lowest BCUT2D eigenvalue weighted by atomic mass is 10.2. The van der Waals surface area contributed by atoms with E-state index in [1.54, 1.807) is 47.4 Å². The Kier molecular flexibility index (Phi) is 6.27. The van der Waals surface area contributed by atoms with Crippen LogP contribution in [0.4, 0.5) is 0 Å². The van der Waals surface area contributed by atoms with Crippen LogP contribution in [-0.4, -0.2) is 17.4 Å². The number of hydrogen-bond donors (Lipinski definition) is 0. The average Bonchev–Trinajstić information content (AvgIpc) is 3.21. The van der Waals surface area contributed by atoms with Gasteiger partial charge in [0.2, 0.25) is 0 Å². The SMILES string of the molecule is C=CCN(Cc1ccccc1)C(=O)c1ccc(COc2ccccc2C#N)o1. The number of rotatable bonds is 8. The molecule has 0 aliphatic carbocycles. The standard InChI is InChI=1S/C23H20N2O3/c1-2-14-25(16-18-8-4-3-5-9-18)23(26)22-13-12-20(28-22)17-27-21-11-7-6-10-19(21)15-24/h2-13H,1,14,16-17H2. The highest BCUT2D eigenvalue weighted by Gasteiger charge is 2.19. The summed E-state index contributed by atoms with van der Waals surface area (Å²) in [5.41, 5.74) is 1.48. The van der Waals surface area contributed by atoms with Crippen molar-refractivity contribution in [1.82, 2.24) is 4.90 Å². The predicted molar refractivity (Wildman–Crippen MR) is 106 cm³/mol. The molecule has 0 unspecified atom stereocenters. The molecule has 0 aliphatic heterocycles. The van der Waals surface area contributed by atoms with Gasteiger partial charge >= 0.3 is 0 Å². The number of nitrogens with zero attached hydrogens (tertiary/aromatic N) is 2. The van der Waals surface area contributed by atoms with E-state index in [4.69, 9.17) is 14.4 Å². The molecule has 0 saturated heterocycles. The van der Waals surface area contributed by atoms with E-state index in [1.165, 1.54) is 0 Å². The number of furan rings is 1. The van der Waals surface area contributed by atoms with Crippen molar-refractivity contribution in [3.05, 3.63) is 102 Å². The molecular weight excluding hydrogens is 352 g/mol. The smallest absolute Gasteiger partial charge is 0.290 e. The van der Waals surface area contributed by atoms with E-state index in [0.717, 1.165) is 5.56 Å². The molecule has 3 rings (SSSR count). The van der Waals surface area contributed by atoms with Crippen molar-refractivity contribution < 1.29 is 13.9 Å². The number of carbonyl (C=O) groups is 1. The molecule has 1 amide bonds. The first kappa shape index (κ1) is 19.0. The third-order valence-electron chi connectivity index (χ3n) is 4.10. The maximum Gasteiger partial charge on any atom is 0.290 e. The molecule has 5 nitrogen and oxygen atoms in total. The molecule has 0 aliphatic rings. The highest BCUT2D eigenvalue weighted by Crippen LogP contribution is 2.20. The van der Waals surface area contributed by atoms with Crippen molar-refractivity contribution in [2.75, 3.05) is 6.54 Å². The molecule has 1 aromatic heterocycles. The predicted octanol–water partition coefficient (Wildman–Crippen LogP) is 4.56. The average molecular weight is 372 g/mol. The number of para-hydroxylation sites is 1. The molecule has 0 spiro atoms. The van der Waals surface area contributed by atoms with Crippen molar-refractivity contribution >= 4 is 5.91 Å². The monoisotopic (exact) mass is 372 g/mol. The molecule has 1 heterocycles. The van der Waals surface area contributed by atoms with Gasteiger partial charge in [0.05, 0.1) is 5.56 Å². The fourth-order valence-electron chi connectivity index (χ4n) is 2.74. The number of nitriles is 1. The van der Waals surface area contributed by atoms with Crippen LogP contribution in [0.5, 0.6) is 5.75 Å². The molecule has 0 N–H and O–H groups in total. The molecule has 28 heavy (non-hydrogen) atoms. The lowest BCUT2D eigenvalue weighted by molar-refractivity contribution is 0.0726. The van der Waals surface area contributed by atoms with Crippen LogP contribution in [0.3, 0.4) is 0 Å². The van der Waals surface area contributed by atoms with Gasteiger partial charge in [-0.1, -0.05) is 48.5 Å². The lowest BCUT2D eigenvalue weighted by Gasteiger charge is -2.20. The van der Waals surface area contributed by atoms with Crippen molar-refractivity contribution in [1.29, 1.82) is 5.26 Å². The first-order chi connectivity index (χ1) is 13.7. The summed E-state index contributed by atoms with van der Waals surface area (Å²) < 4.78 is 11.3. The fraction of sp³-hybridized carbons (Fsp3) is 0.130. The van der Waals surface area contributed by atoms with Crippen LogP contribution in [-0.2, 0) is 13.2 Å². The summed E-state index contributed by atoms with van der Waals surface area (Å²) in [4.78, 5) is 14.5. The van der Waals surface area contributed by atoms with Gasteiger partial charge in [0.15, 0.2) is 5.76 Å². The Balaban J connectivity index is 1.68. The molecule has 0 radical (unpaired) electrons. The van der Waals surface area contributed by atoms with E-state index in [1.807, 2.05) is 30.3 Å². The number of benzene rings is 2. The minimum Gasteiger partial charge on any atom is -0.484 e. The van der Waals surface area contributed by atoms with Crippen LogP contribution >= 0.6 is 0 Å². The minimum absolute atomic E-state index is 0.131. The van der Waals surface area contributed by atoms with Gasteiger partial charge in [0.25, 0.3) is 5.91 Å². The molecule has 140 valence electrons. The van der Waals surface area contributed by atoms with E-state index in [0.29, 0.717) is 30.2 Å². The summed E-state index contributed by atoms with van der Waals surface area (Å²) in [6.45, 7) is 4.74. The van der Waals surface area contributed by atoms with E-state index < -0.39 is 0 Å². The Hall–Kier alpha value is -3.78. The summed E-state index contributed by atoms with van der Waals surface area (Å²) in [6.07, 6.45) is 1.69. The van der Waals surface area contributed by atoms with Gasteiger partial charge in [-0.3, -0.25) is 4.79 Å². The van der Waals surface area contributed by atoms with Gasteiger partial charge in [-0.2, -0.15) is 5.26 Å². The third-order valence-corrected chi connectivity index (χ3v) is 4.10. The molecule has 3 aromatic rings. The Morgan fingerprint density at radius 3 is 2.61 bits per heavy atom. The summed E-state index contributed by atoms with van der Waals surface area (Å²) in [7, 11) is 0. The fourth-order valence-corrected chi connectivity index (χ4v) is 2.74. The first-order valence-electron chi connectivity index (χ1n) is 8.86. The van der Waals surface area contributed by atoms with Gasteiger partial charge in [-0.15, -0.1) is 6.58 Å². The van der Waals surface area contributed by atoms with Crippen LogP contribution in [0, 0.1) is 11.3 Å². The molecule has 0 bridgehead atoms. The van der Waals surface area contributed by atoms with E-state index in [-0.39, 0.29) is 18.3 Å². The van der Waals surface area contributed by atoms with Gasteiger partial charge in [0.1, 0.15) is 24.2 Å². The molecule has 0 saturated carbocycles. The topological polar surface area (TPSA) is 66.5 Å². The maximum absolute atomic E-state index is 12.8. The lowest BCUT2D eigenvalue weighted by Crippen LogP contribution is -2.30. The van der Waals surface area contributed by atoms with Gasteiger partial charge in [-0.05, 0) is 29.8 Å². The summed E-state index contributed by atoms with van der Waals surface area (Å²) >= 11 is 0. The quantitative estimate of drug-likeness (QED) is 0.544. The van der Waals surface area contributed by atoms with E-state index >= 15 is 0 Å². The molecule has 5 heteroatoms. The molecular formula is C23H20N2O3. The second-order valence-corrected chi connectivity index (χ2v) is 6.12. The second-order valence-electron chi connectivity index (χ2n) is 6.12. The Morgan fingerprint density at radius 1 is 1.11 bits per heavy atom. The number of ether oxygens (including phenoxy) is 1. The minimum atomic E-state index is -0.215. The molecule has 0 atom stereocenters. The zero-order valence-electron chi connectivity index (χ0n) is 15.4. The summed E-state index contributed by atoms with van der Waals surface area (Å²) in [6, 6.07) is 22.2. The van der Waals surface area contributed by atoms with Crippen molar-refractivity contribution in [2.45, 2.75) is 13.2 Å². The van der Waals surface area contributed by atoms with Gasteiger partial charge in [0, 0.05) is 13.1 Å². The van der Waals surface area contributed by atoms with Crippen LogP contribution in [0.25, 0.3) is 0 Å². The maximum atomic E-state index is 12.8. The summed E-state index contributed by atoms with van der Waals surface area (Å²) in [5, 5.41) is 9.11. The normalized spacial score (nSPS) is 10.1. The Labute approximate surface area is 164 Å². The third kappa shape index (κ3) is 4.68. The van der Waals surface area contributed by atoms with Gasteiger partial charge in [-0.25, -0.2) is 0 Å². The van der Waals surface area contributed by atoms with Crippen molar-refractivity contribution in [2.24, 2.45) is 0 Å². The Morgan fingerprint density at radius 2 is 1.86 bits per heavy atom. The number of carbonyl (C=O) groups excluding carboxylic acids is 1. The second kappa shape index (κ2) is 9.24. The highest BCUT2D eigenvalue weighted by molar-refractivity contribution is 5.91. The Bertz CT molecular complexity index is 986. The van der Waals surface area contributed by atoms with Crippen LogP contribution in [0.1, 0.15) is 27.4 Å². The van der Waals surface area contributed by atoms with Crippen molar-refractivity contribution in [3.8, 4) is 11.8 Å². The van der Waals surface area contributed by atoms with E-state index in [9.17, 15) is 4.79 Å². The van der Waals surface area contributed by atoms with Crippen LogP contribution in [0.2, 0.25) is 0 Å². The number of hydrogen-bond acceptors (Lipinski definition) is 4. The van der Waals surface area contributed by atoms with E-state index in [2.05, 4.69) is 12.6 Å². The van der Waals surface area contributed by atoms with Gasteiger partial charge < -0.3 is 14.1 Å². The van der Waals surface area contributed by atoms with Crippen LogP contribution in [0.15, 0.2) is 83.8 Å². The van der Waals surface area contributed by atoms with Crippen molar-refractivity contribution in [3.63, 3.8) is 0 Å². The molecule has 2 aromatic carbocycles. The largest absolute Gasteiger partial charge is 0.484 e. The zero-order valence-corrected chi connectivity index (χ0v) is 15.4. The number of amides is 1. The summed E-state index contributed by atoms with van der Waals surface area (Å²) in [5.74, 6) is 1.01. The zero-order chi connectivity index (χ0) is 19.8. The first-order valence-corrected chi connectivity index (χ1v) is 8.86. The van der Waals surface area contributed by atoms with Crippen LogP contribution < -0.4 is 4.74 Å². The molecule has 0 fully saturated rings.